The highest BCUT2D eigenvalue weighted by Gasteiger charge is 2.52. The average molecular weight is 461 g/mol. The quantitative estimate of drug-likeness (QED) is 0.175. The summed E-state index contributed by atoms with van der Waals surface area (Å²) in [6.07, 6.45) is 11.2. The average Bonchev–Trinajstić information content (AvgIpc) is 2.83. The number of carbonyl (C=O) groups is 1. The molecule has 2 aromatic carbocycles. The number of carbonyl (C=O) groups excluding carboxylic acids is 1. The Kier molecular flexibility index (Phi) is 6.89. The van der Waals surface area contributed by atoms with E-state index in [0.29, 0.717) is 18.8 Å². The number of methoxy groups -OCH3 is 1. The second-order valence-electron chi connectivity index (χ2n) is 10.7. The molecule has 0 unspecified atom stereocenters. The van der Waals surface area contributed by atoms with Gasteiger partial charge in [0, 0.05) is 18.2 Å². The molecule has 0 aromatic heterocycles. The van der Waals surface area contributed by atoms with Gasteiger partial charge in [-0.2, -0.15) is 0 Å². The van der Waals surface area contributed by atoms with Crippen LogP contribution in [0.15, 0.2) is 42.5 Å². The van der Waals surface area contributed by atoms with Gasteiger partial charge in [0.05, 0.1) is 13.2 Å². The van der Waals surface area contributed by atoms with Crippen molar-refractivity contribution in [1.29, 1.82) is 0 Å². The van der Waals surface area contributed by atoms with Crippen LogP contribution in [-0.4, -0.2) is 33.4 Å². The second kappa shape index (κ2) is 10.1. The van der Waals surface area contributed by atoms with Crippen molar-refractivity contribution >= 4 is 17.9 Å². The van der Waals surface area contributed by atoms with E-state index in [9.17, 15) is 4.79 Å². The number of aldehydes is 1. The van der Waals surface area contributed by atoms with Crippen LogP contribution in [0.3, 0.4) is 0 Å². The lowest BCUT2D eigenvalue weighted by molar-refractivity contribution is -0.0189. The van der Waals surface area contributed by atoms with Crippen LogP contribution in [0.5, 0.6) is 5.75 Å². The first-order valence-corrected chi connectivity index (χ1v) is 12.7. The van der Waals surface area contributed by atoms with E-state index in [0.717, 1.165) is 35.4 Å². The number of ether oxygens (including phenoxy) is 3. The molecule has 0 N–H and O–H groups in total. The van der Waals surface area contributed by atoms with Gasteiger partial charge in [-0.1, -0.05) is 36.4 Å². The molecule has 0 radical (unpaired) electrons. The molecule has 4 bridgehead atoms. The third kappa shape index (κ3) is 4.85. The third-order valence-electron chi connectivity index (χ3n) is 8.23. The molecule has 0 heterocycles. The van der Waals surface area contributed by atoms with Gasteiger partial charge in [-0.15, -0.1) is 0 Å². The number of hydrogen-bond donors (Lipinski definition) is 0. The predicted molar refractivity (Wildman–Crippen MR) is 135 cm³/mol. The standard InChI is InChI=1S/C30H36O4/c1-21(11-22-3-5-23(19-31)6-4-22)27-7-8-29(34-20-33-10-9-32-2)28(15-27)30-16-24-12-25(17-30)14-26(13-24)18-30/h3-8,11,15,19,24-26H,9-10,12-14,16-18,20H2,1-2H3/b21-11+. The summed E-state index contributed by atoms with van der Waals surface area (Å²) in [5.41, 5.74) is 5.87. The van der Waals surface area contributed by atoms with Crippen molar-refractivity contribution in [1.82, 2.24) is 0 Å². The Bertz CT molecular complexity index is 1000. The lowest BCUT2D eigenvalue weighted by atomic mass is 9.48. The number of rotatable bonds is 10. The van der Waals surface area contributed by atoms with Crippen molar-refractivity contribution in [2.24, 2.45) is 17.8 Å². The molecule has 180 valence electrons. The molecule has 0 amide bonds. The summed E-state index contributed by atoms with van der Waals surface area (Å²) in [5, 5.41) is 0. The summed E-state index contributed by atoms with van der Waals surface area (Å²) in [4.78, 5) is 11.0. The molecule has 4 aliphatic carbocycles. The molecule has 0 spiro atoms. The molecule has 0 saturated heterocycles. The molecular formula is C30H36O4. The smallest absolute Gasteiger partial charge is 0.189 e. The van der Waals surface area contributed by atoms with Crippen LogP contribution in [0.4, 0.5) is 0 Å². The summed E-state index contributed by atoms with van der Waals surface area (Å²) >= 11 is 0. The van der Waals surface area contributed by atoms with Crippen LogP contribution in [-0.2, 0) is 14.9 Å². The van der Waals surface area contributed by atoms with Gasteiger partial charge in [0.1, 0.15) is 12.0 Å². The van der Waals surface area contributed by atoms with Crippen molar-refractivity contribution in [3.63, 3.8) is 0 Å². The van der Waals surface area contributed by atoms with E-state index >= 15 is 0 Å². The number of hydrogen-bond acceptors (Lipinski definition) is 4. The van der Waals surface area contributed by atoms with E-state index in [1.54, 1.807) is 7.11 Å². The van der Waals surface area contributed by atoms with E-state index in [1.165, 1.54) is 55.2 Å². The molecule has 4 fully saturated rings. The van der Waals surface area contributed by atoms with Crippen LogP contribution < -0.4 is 4.74 Å². The van der Waals surface area contributed by atoms with E-state index in [-0.39, 0.29) is 12.2 Å². The third-order valence-corrected chi connectivity index (χ3v) is 8.23. The van der Waals surface area contributed by atoms with Crippen LogP contribution in [0.1, 0.15) is 72.5 Å². The van der Waals surface area contributed by atoms with Gasteiger partial charge < -0.3 is 14.2 Å². The van der Waals surface area contributed by atoms with E-state index in [4.69, 9.17) is 14.2 Å². The van der Waals surface area contributed by atoms with Gasteiger partial charge in [-0.3, -0.25) is 4.79 Å². The Balaban J connectivity index is 1.45. The summed E-state index contributed by atoms with van der Waals surface area (Å²) in [7, 11) is 1.68. The summed E-state index contributed by atoms with van der Waals surface area (Å²) < 4.78 is 16.9. The Morgan fingerprint density at radius 3 is 2.21 bits per heavy atom. The minimum Gasteiger partial charge on any atom is -0.467 e. The SMILES string of the molecule is COCCOCOc1ccc(/C(C)=C/c2ccc(C=O)cc2)cc1C12CC3CC(CC(C3)C1)C2. The lowest BCUT2D eigenvalue weighted by Crippen LogP contribution is -2.48. The topological polar surface area (TPSA) is 44.8 Å². The molecule has 0 atom stereocenters. The second-order valence-corrected chi connectivity index (χ2v) is 10.7. The summed E-state index contributed by atoms with van der Waals surface area (Å²) in [6, 6.07) is 14.4. The molecule has 4 aliphatic rings. The highest BCUT2D eigenvalue weighted by Crippen LogP contribution is 2.62. The fourth-order valence-corrected chi connectivity index (χ4v) is 7.07. The first kappa shape index (κ1) is 23.3. The highest BCUT2D eigenvalue weighted by molar-refractivity contribution is 5.82. The molecule has 6 rings (SSSR count). The van der Waals surface area contributed by atoms with Crippen molar-refractivity contribution < 1.29 is 19.0 Å². The fraction of sp³-hybridized carbons (Fsp3) is 0.500. The monoisotopic (exact) mass is 460 g/mol. The minimum absolute atomic E-state index is 0.235. The highest BCUT2D eigenvalue weighted by atomic mass is 16.7. The van der Waals surface area contributed by atoms with Crippen LogP contribution in [0.25, 0.3) is 11.6 Å². The van der Waals surface area contributed by atoms with Gasteiger partial charge in [0.2, 0.25) is 0 Å². The number of allylic oxidation sites excluding steroid dienone is 1. The van der Waals surface area contributed by atoms with E-state index in [1.807, 2.05) is 24.3 Å². The summed E-state index contributed by atoms with van der Waals surface area (Å²) in [6.45, 7) is 3.52. The van der Waals surface area contributed by atoms with Crippen LogP contribution >= 0.6 is 0 Å². The summed E-state index contributed by atoms with van der Waals surface area (Å²) in [5.74, 6) is 3.59. The van der Waals surface area contributed by atoms with Crippen LogP contribution in [0.2, 0.25) is 0 Å². The maximum absolute atomic E-state index is 11.0. The fourth-order valence-electron chi connectivity index (χ4n) is 7.07. The first-order chi connectivity index (χ1) is 16.6. The zero-order valence-corrected chi connectivity index (χ0v) is 20.4. The maximum atomic E-state index is 11.0. The van der Waals surface area contributed by atoms with Gasteiger partial charge in [0.15, 0.2) is 6.79 Å². The Labute approximate surface area is 203 Å². The zero-order chi connectivity index (χ0) is 23.5. The molecule has 2 aromatic rings. The maximum Gasteiger partial charge on any atom is 0.189 e. The lowest BCUT2D eigenvalue weighted by Gasteiger charge is -2.57. The first-order valence-electron chi connectivity index (χ1n) is 12.7. The predicted octanol–water partition coefficient (Wildman–Crippen LogP) is 6.53. The van der Waals surface area contributed by atoms with Gasteiger partial charge in [-0.05, 0) is 97.5 Å². The van der Waals surface area contributed by atoms with Crippen molar-refractivity contribution in [3.8, 4) is 5.75 Å². The largest absolute Gasteiger partial charge is 0.467 e. The molecule has 4 nitrogen and oxygen atoms in total. The van der Waals surface area contributed by atoms with E-state index in [2.05, 4.69) is 31.2 Å². The number of benzene rings is 2. The minimum atomic E-state index is 0.235. The van der Waals surface area contributed by atoms with Crippen molar-refractivity contribution in [2.45, 2.75) is 50.9 Å². The van der Waals surface area contributed by atoms with E-state index < -0.39 is 0 Å². The van der Waals surface area contributed by atoms with Crippen molar-refractivity contribution in [3.05, 3.63) is 64.7 Å². The van der Waals surface area contributed by atoms with Gasteiger partial charge >= 0.3 is 0 Å². The van der Waals surface area contributed by atoms with Crippen molar-refractivity contribution in [2.75, 3.05) is 27.1 Å². The van der Waals surface area contributed by atoms with Gasteiger partial charge in [-0.25, -0.2) is 0 Å². The molecular weight excluding hydrogens is 424 g/mol. The molecule has 4 heteroatoms. The Hall–Kier alpha value is -2.43. The molecule has 4 saturated carbocycles. The van der Waals surface area contributed by atoms with Gasteiger partial charge in [0.25, 0.3) is 0 Å². The molecule has 0 aliphatic heterocycles. The zero-order valence-electron chi connectivity index (χ0n) is 20.4. The Morgan fingerprint density at radius 2 is 1.59 bits per heavy atom. The Morgan fingerprint density at radius 1 is 0.941 bits per heavy atom. The van der Waals surface area contributed by atoms with Crippen LogP contribution in [0, 0.1) is 17.8 Å². The molecule has 34 heavy (non-hydrogen) atoms. The normalized spacial score (nSPS) is 27.7.